The molecule has 0 bridgehead atoms. The number of hydrogen-bond acceptors (Lipinski definition) is 4. The summed E-state index contributed by atoms with van der Waals surface area (Å²) in [6.45, 7) is 2.72. The summed E-state index contributed by atoms with van der Waals surface area (Å²) >= 11 is 0. The summed E-state index contributed by atoms with van der Waals surface area (Å²) in [6, 6.07) is 9.20. The predicted octanol–water partition coefficient (Wildman–Crippen LogP) is 3.92. The molecule has 0 saturated heterocycles. The van der Waals surface area contributed by atoms with Gasteiger partial charge < -0.3 is 14.8 Å². The van der Waals surface area contributed by atoms with Crippen LogP contribution < -0.4 is 14.8 Å². The second kappa shape index (κ2) is 9.35. The summed E-state index contributed by atoms with van der Waals surface area (Å²) in [5.41, 5.74) is 1.48. The van der Waals surface area contributed by atoms with E-state index >= 15 is 0 Å². The van der Waals surface area contributed by atoms with Crippen molar-refractivity contribution in [2.45, 2.75) is 19.8 Å². The van der Waals surface area contributed by atoms with Crippen LogP contribution in [0.2, 0.25) is 0 Å². The van der Waals surface area contributed by atoms with Gasteiger partial charge in [-0.15, -0.1) is 0 Å². The highest BCUT2D eigenvalue weighted by molar-refractivity contribution is 6.02. The third-order valence-electron chi connectivity index (χ3n) is 3.34. The zero-order valence-corrected chi connectivity index (χ0v) is 14.0. The molecule has 1 aromatic carbocycles. The van der Waals surface area contributed by atoms with Gasteiger partial charge in [-0.3, -0.25) is 9.78 Å². The number of nitrogens with zero attached hydrogens (tertiary/aromatic N) is 1. The number of anilines is 1. The van der Waals surface area contributed by atoms with Gasteiger partial charge in [-0.25, -0.2) is 0 Å². The van der Waals surface area contributed by atoms with Crippen molar-refractivity contribution in [2.75, 3.05) is 19.0 Å². The molecule has 1 heterocycles. The molecule has 24 heavy (non-hydrogen) atoms. The van der Waals surface area contributed by atoms with Crippen molar-refractivity contribution >= 4 is 17.7 Å². The molecule has 5 nitrogen and oxygen atoms in total. The van der Waals surface area contributed by atoms with E-state index in [-0.39, 0.29) is 5.91 Å². The van der Waals surface area contributed by atoms with E-state index in [4.69, 9.17) is 9.47 Å². The average molecular weight is 326 g/mol. The first-order valence-corrected chi connectivity index (χ1v) is 7.93. The minimum absolute atomic E-state index is 0.237. The number of carbonyl (C=O) groups is 1. The summed E-state index contributed by atoms with van der Waals surface area (Å²) in [5.74, 6) is 1.17. The quantitative estimate of drug-likeness (QED) is 0.590. The number of unbranched alkanes of at least 4 members (excludes halogenated alkanes) is 1. The maximum Gasteiger partial charge on any atom is 0.248 e. The van der Waals surface area contributed by atoms with Crippen molar-refractivity contribution in [3.8, 4) is 11.5 Å². The molecule has 126 valence electrons. The zero-order chi connectivity index (χ0) is 17.2. The van der Waals surface area contributed by atoms with Crippen LogP contribution in [0.1, 0.15) is 25.3 Å². The van der Waals surface area contributed by atoms with Gasteiger partial charge in [0.2, 0.25) is 5.91 Å². The molecule has 2 rings (SSSR count). The first-order valence-electron chi connectivity index (χ1n) is 7.93. The van der Waals surface area contributed by atoms with E-state index in [1.807, 2.05) is 24.3 Å². The van der Waals surface area contributed by atoms with Gasteiger partial charge in [-0.05, 0) is 30.2 Å². The van der Waals surface area contributed by atoms with Crippen molar-refractivity contribution < 1.29 is 14.3 Å². The van der Waals surface area contributed by atoms with Crippen LogP contribution in [-0.2, 0) is 4.79 Å². The molecule has 0 saturated carbocycles. The Morgan fingerprint density at radius 2 is 2.04 bits per heavy atom. The molecule has 1 amide bonds. The van der Waals surface area contributed by atoms with Gasteiger partial charge in [0.05, 0.1) is 19.9 Å². The van der Waals surface area contributed by atoms with Gasteiger partial charge in [0.25, 0.3) is 0 Å². The SMILES string of the molecule is CCCCOc1ccncc1NC(=O)/C=C/c1ccc(OC)cc1. The molecule has 5 heteroatoms. The van der Waals surface area contributed by atoms with Crippen molar-refractivity contribution in [3.05, 3.63) is 54.4 Å². The van der Waals surface area contributed by atoms with E-state index in [9.17, 15) is 4.79 Å². The fraction of sp³-hybridized carbons (Fsp3) is 0.263. The third kappa shape index (κ3) is 5.43. The minimum atomic E-state index is -0.237. The molecule has 0 aliphatic heterocycles. The molecule has 0 atom stereocenters. The highest BCUT2D eigenvalue weighted by Gasteiger charge is 2.06. The van der Waals surface area contributed by atoms with Gasteiger partial charge >= 0.3 is 0 Å². The number of benzene rings is 1. The summed E-state index contributed by atoms with van der Waals surface area (Å²) < 4.78 is 10.8. The number of rotatable bonds is 8. The Morgan fingerprint density at radius 3 is 2.75 bits per heavy atom. The largest absolute Gasteiger partial charge is 0.497 e. The lowest BCUT2D eigenvalue weighted by atomic mass is 10.2. The highest BCUT2D eigenvalue weighted by Crippen LogP contribution is 2.22. The topological polar surface area (TPSA) is 60.5 Å². The number of hydrogen-bond donors (Lipinski definition) is 1. The number of aromatic nitrogens is 1. The maximum atomic E-state index is 12.1. The Balaban J connectivity index is 1.97. The monoisotopic (exact) mass is 326 g/mol. The van der Waals surface area contributed by atoms with Gasteiger partial charge in [0.1, 0.15) is 17.2 Å². The standard InChI is InChI=1S/C19H22N2O3/c1-3-4-13-24-18-11-12-20-14-17(18)21-19(22)10-7-15-5-8-16(23-2)9-6-15/h5-12,14H,3-4,13H2,1-2H3,(H,21,22)/b10-7+. The van der Waals surface area contributed by atoms with Gasteiger partial charge in [0, 0.05) is 18.3 Å². The van der Waals surface area contributed by atoms with Gasteiger partial charge in [-0.1, -0.05) is 25.5 Å². The van der Waals surface area contributed by atoms with Crippen LogP contribution in [-0.4, -0.2) is 24.6 Å². The molecule has 0 unspecified atom stereocenters. The molecule has 0 aliphatic rings. The Morgan fingerprint density at radius 1 is 1.25 bits per heavy atom. The Bertz CT molecular complexity index is 681. The lowest BCUT2D eigenvalue weighted by Gasteiger charge is -2.10. The van der Waals surface area contributed by atoms with Crippen molar-refractivity contribution in [2.24, 2.45) is 0 Å². The van der Waals surface area contributed by atoms with Crippen molar-refractivity contribution in [1.29, 1.82) is 0 Å². The molecule has 1 N–H and O–H groups in total. The first-order chi connectivity index (χ1) is 11.7. The molecule has 0 spiro atoms. The third-order valence-corrected chi connectivity index (χ3v) is 3.34. The van der Waals surface area contributed by atoms with Crippen LogP contribution in [0.15, 0.2) is 48.8 Å². The molecule has 0 radical (unpaired) electrons. The molecular weight excluding hydrogens is 304 g/mol. The van der Waals surface area contributed by atoms with E-state index in [0.29, 0.717) is 18.0 Å². The number of carbonyl (C=O) groups excluding carboxylic acids is 1. The molecular formula is C19H22N2O3. The summed E-state index contributed by atoms with van der Waals surface area (Å²) in [7, 11) is 1.62. The van der Waals surface area contributed by atoms with E-state index in [1.54, 1.807) is 31.6 Å². The van der Waals surface area contributed by atoms with Crippen LogP contribution >= 0.6 is 0 Å². The fourth-order valence-corrected chi connectivity index (χ4v) is 1.99. The van der Waals surface area contributed by atoms with Crippen LogP contribution in [0, 0.1) is 0 Å². The summed E-state index contributed by atoms with van der Waals surface area (Å²) in [5, 5.41) is 2.79. The van der Waals surface area contributed by atoms with Crippen LogP contribution in [0.3, 0.4) is 0 Å². The van der Waals surface area contributed by atoms with Gasteiger partial charge in [0.15, 0.2) is 0 Å². The number of pyridine rings is 1. The average Bonchev–Trinajstić information content (AvgIpc) is 2.62. The molecule has 0 fully saturated rings. The Kier molecular flexibility index (Phi) is 6.83. The number of ether oxygens (including phenoxy) is 2. The molecule has 1 aromatic heterocycles. The van der Waals surface area contributed by atoms with E-state index in [2.05, 4.69) is 17.2 Å². The van der Waals surface area contributed by atoms with Gasteiger partial charge in [-0.2, -0.15) is 0 Å². The second-order valence-corrected chi connectivity index (χ2v) is 5.17. The predicted molar refractivity (Wildman–Crippen MR) is 95.3 cm³/mol. The minimum Gasteiger partial charge on any atom is -0.497 e. The second-order valence-electron chi connectivity index (χ2n) is 5.17. The molecule has 2 aromatic rings. The number of nitrogens with one attached hydrogen (secondary N) is 1. The Labute approximate surface area is 142 Å². The lowest BCUT2D eigenvalue weighted by Crippen LogP contribution is -2.10. The summed E-state index contributed by atoms with van der Waals surface area (Å²) in [6.07, 6.45) is 8.46. The van der Waals surface area contributed by atoms with Crippen LogP contribution in [0.5, 0.6) is 11.5 Å². The number of amides is 1. The normalized spacial score (nSPS) is 10.6. The van der Waals surface area contributed by atoms with E-state index in [1.165, 1.54) is 6.08 Å². The number of methoxy groups -OCH3 is 1. The zero-order valence-electron chi connectivity index (χ0n) is 14.0. The maximum absolute atomic E-state index is 12.1. The van der Waals surface area contributed by atoms with Crippen molar-refractivity contribution in [1.82, 2.24) is 4.98 Å². The first kappa shape index (κ1) is 17.5. The smallest absolute Gasteiger partial charge is 0.248 e. The molecule has 0 aliphatic carbocycles. The highest BCUT2D eigenvalue weighted by atomic mass is 16.5. The Hall–Kier alpha value is -2.82. The van der Waals surface area contributed by atoms with E-state index in [0.717, 1.165) is 24.2 Å². The summed E-state index contributed by atoms with van der Waals surface area (Å²) in [4.78, 5) is 16.1. The van der Waals surface area contributed by atoms with Crippen molar-refractivity contribution in [3.63, 3.8) is 0 Å². The fourth-order valence-electron chi connectivity index (χ4n) is 1.99. The van der Waals surface area contributed by atoms with Crippen LogP contribution in [0.25, 0.3) is 6.08 Å². The van der Waals surface area contributed by atoms with E-state index < -0.39 is 0 Å². The van der Waals surface area contributed by atoms with Crippen LogP contribution in [0.4, 0.5) is 5.69 Å². The lowest BCUT2D eigenvalue weighted by molar-refractivity contribution is -0.111.